The molecule has 0 aliphatic rings. The van der Waals surface area contributed by atoms with E-state index in [1.54, 1.807) is 40.0 Å². The Labute approximate surface area is 89.7 Å². The van der Waals surface area contributed by atoms with Crippen LogP contribution in [0, 0.1) is 12.7 Å². The van der Waals surface area contributed by atoms with Crippen molar-refractivity contribution in [2.75, 3.05) is 13.7 Å². The maximum Gasteiger partial charge on any atom is 0.130 e. The summed E-state index contributed by atoms with van der Waals surface area (Å²) in [4.78, 5) is 0. The molecular weight excluding hydrogens is 195 g/mol. The molecular formula is C12H17FO2. The number of hydrogen-bond acceptors (Lipinski definition) is 2. The largest absolute Gasteiger partial charge is 0.497 e. The maximum atomic E-state index is 13.8. The second-order valence-corrected chi connectivity index (χ2v) is 4.35. The maximum absolute atomic E-state index is 13.8. The third-order valence-corrected chi connectivity index (χ3v) is 2.59. The van der Waals surface area contributed by atoms with E-state index in [2.05, 4.69) is 0 Å². The minimum absolute atomic E-state index is 0.101. The summed E-state index contributed by atoms with van der Waals surface area (Å²) >= 11 is 0. The van der Waals surface area contributed by atoms with Gasteiger partial charge in [0.25, 0.3) is 0 Å². The summed E-state index contributed by atoms with van der Waals surface area (Å²) in [7, 11) is 1.54. The summed E-state index contributed by atoms with van der Waals surface area (Å²) in [5.74, 6) is 0.347. The van der Waals surface area contributed by atoms with Gasteiger partial charge in [0, 0.05) is 5.41 Å². The lowest BCUT2D eigenvalue weighted by molar-refractivity contribution is 0.214. The first kappa shape index (κ1) is 12.0. The van der Waals surface area contributed by atoms with E-state index in [4.69, 9.17) is 4.74 Å². The highest BCUT2D eigenvalue weighted by atomic mass is 19.1. The van der Waals surface area contributed by atoms with Crippen LogP contribution < -0.4 is 4.74 Å². The Hall–Kier alpha value is -1.09. The lowest BCUT2D eigenvalue weighted by Gasteiger charge is -2.24. The van der Waals surface area contributed by atoms with E-state index in [9.17, 15) is 9.50 Å². The number of aliphatic hydroxyl groups is 1. The van der Waals surface area contributed by atoms with Gasteiger partial charge >= 0.3 is 0 Å². The van der Waals surface area contributed by atoms with Crippen molar-refractivity contribution in [2.24, 2.45) is 0 Å². The van der Waals surface area contributed by atoms with E-state index in [-0.39, 0.29) is 12.4 Å². The molecule has 0 radical (unpaired) electrons. The van der Waals surface area contributed by atoms with Gasteiger partial charge < -0.3 is 9.84 Å². The molecule has 3 heteroatoms. The average Bonchev–Trinajstić information content (AvgIpc) is 2.21. The van der Waals surface area contributed by atoms with Gasteiger partial charge in [-0.3, -0.25) is 0 Å². The minimum atomic E-state index is -0.594. The molecule has 0 unspecified atom stereocenters. The molecule has 0 bridgehead atoms. The van der Waals surface area contributed by atoms with Gasteiger partial charge in [0.1, 0.15) is 11.6 Å². The number of halogens is 1. The molecule has 0 aliphatic carbocycles. The molecule has 1 N–H and O–H groups in total. The van der Waals surface area contributed by atoms with E-state index in [0.29, 0.717) is 16.9 Å². The number of aliphatic hydroxyl groups excluding tert-OH is 1. The molecule has 0 atom stereocenters. The normalized spacial score (nSPS) is 11.6. The number of aryl methyl sites for hydroxylation is 1. The monoisotopic (exact) mass is 212 g/mol. The number of benzene rings is 1. The molecule has 0 saturated carbocycles. The van der Waals surface area contributed by atoms with Crippen LogP contribution in [-0.2, 0) is 5.41 Å². The Balaban J connectivity index is 3.34. The predicted octanol–water partition coefficient (Wildman–Crippen LogP) is 2.41. The van der Waals surface area contributed by atoms with Crippen molar-refractivity contribution in [3.8, 4) is 5.75 Å². The second-order valence-electron chi connectivity index (χ2n) is 4.35. The van der Waals surface area contributed by atoms with Gasteiger partial charge in [-0.05, 0) is 30.2 Å². The van der Waals surface area contributed by atoms with Crippen molar-refractivity contribution >= 4 is 0 Å². The van der Waals surface area contributed by atoms with Crippen LogP contribution in [0.5, 0.6) is 5.75 Å². The van der Waals surface area contributed by atoms with Gasteiger partial charge in [-0.25, -0.2) is 4.39 Å². The molecule has 0 heterocycles. The molecule has 0 saturated heterocycles. The van der Waals surface area contributed by atoms with Crippen LogP contribution in [0.15, 0.2) is 12.1 Å². The van der Waals surface area contributed by atoms with E-state index in [0.717, 1.165) is 0 Å². The van der Waals surface area contributed by atoms with Crippen molar-refractivity contribution in [3.05, 3.63) is 29.1 Å². The highest BCUT2D eigenvalue weighted by Gasteiger charge is 2.25. The number of methoxy groups -OCH3 is 1. The van der Waals surface area contributed by atoms with Gasteiger partial charge in [-0.2, -0.15) is 0 Å². The minimum Gasteiger partial charge on any atom is -0.497 e. The van der Waals surface area contributed by atoms with Crippen LogP contribution >= 0.6 is 0 Å². The fraction of sp³-hybridized carbons (Fsp3) is 0.500. The molecule has 84 valence electrons. The third kappa shape index (κ3) is 2.29. The van der Waals surface area contributed by atoms with E-state index in [1.165, 1.54) is 0 Å². The van der Waals surface area contributed by atoms with E-state index < -0.39 is 5.41 Å². The summed E-state index contributed by atoms with van der Waals surface area (Å²) in [5, 5.41) is 9.22. The molecule has 0 aliphatic heterocycles. The smallest absolute Gasteiger partial charge is 0.130 e. The highest BCUT2D eigenvalue weighted by molar-refractivity contribution is 5.39. The van der Waals surface area contributed by atoms with Crippen molar-refractivity contribution in [1.82, 2.24) is 0 Å². The molecule has 15 heavy (non-hydrogen) atoms. The summed E-state index contributed by atoms with van der Waals surface area (Å²) in [5.41, 5.74) is 0.427. The fourth-order valence-corrected chi connectivity index (χ4v) is 1.43. The summed E-state index contributed by atoms with van der Waals surface area (Å²) in [6, 6.07) is 3.28. The average molecular weight is 212 g/mol. The Kier molecular flexibility index (Phi) is 3.35. The zero-order valence-electron chi connectivity index (χ0n) is 9.60. The standard InChI is InChI=1S/C12H17FO2/c1-8-5-9(15-4)6-10(11(8)13)12(2,3)7-14/h5-6,14H,7H2,1-4H3. The Morgan fingerprint density at radius 2 is 2.00 bits per heavy atom. The van der Waals surface area contributed by atoms with Crippen LogP contribution in [0.3, 0.4) is 0 Å². The predicted molar refractivity (Wildman–Crippen MR) is 57.8 cm³/mol. The van der Waals surface area contributed by atoms with Crippen LogP contribution in [-0.4, -0.2) is 18.8 Å². The molecule has 0 amide bonds. The number of ether oxygens (including phenoxy) is 1. The molecule has 0 aromatic heterocycles. The molecule has 1 aromatic rings. The van der Waals surface area contributed by atoms with Crippen LogP contribution in [0.1, 0.15) is 25.0 Å². The van der Waals surface area contributed by atoms with Crippen molar-refractivity contribution < 1.29 is 14.2 Å². The van der Waals surface area contributed by atoms with Crippen molar-refractivity contribution in [3.63, 3.8) is 0 Å². The highest BCUT2D eigenvalue weighted by Crippen LogP contribution is 2.30. The van der Waals surface area contributed by atoms with E-state index >= 15 is 0 Å². The number of hydrogen-bond donors (Lipinski definition) is 1. The quantitative estimate of drug-likeness (QED) is 0.833. The van der Waals surface area contributed by atoms with Gasteiger partial charge in [0.15, 0.2) is 0 Å². The lowest BCUT2D eigenvalue weighted by atomic mass is 9.84. The summed E-state index contributed by atoms with van der Waals surface area (Å²) < 4.78 is 18.9. The topological polar surface area (TPSA) is 29.5 Å². The first-order chi connectivity index (χ1) is 6.92. The first-order valence-electron chi connectivity index (χ1n) is 4.88. The third-order valence-electron chi connectivity index (χ3n) is 2.59. The SMILES string of the molecule is COc1cc(C)c(F)c(C(C)(C)CO)c1. The van der Waals surface area contributed by atoms with Gasteiger partial charge in [0.2, 0.25) is 0 Å². The zero-order valence-corrected chi connectivity index (χ0v) is 9.60. The fourth-order valence-electron chi connectivity index (χ4n) is 1.43. The Morgan fingerprint density at radius 3 is 2.47 bits per heavy atom. The molecule has 0 fully saturated rings. The van der Waals surface area contributed by atoms with Gasteiger partial charge in [0.05, 0.1) is 13.7 Å². The molecule has 1 rings (SSSR count). The molecule has 1 aromatic carbocycles. The van der Waals surface area contributed by atoms with Crippen molar-refractivity contribution in [1.29, 1.82) is 0 Å². The first-order valence-corrected chi connectivity index (χ1v) is 4.88. The van der Waals surface area contributed by atoms with Crippen LogP contribution in [0.25, 0.3) is 0 Å². The molecule has 0 spiro atoms. The number of rotatable bonds is 3. The molecule has 2 nitrogen and oxygen atoms in total. The van der Waals surface area contributed by atoms with Crippen LogP contribution in [0.4, 0.5) is 4.39 Å². The summed E-state index contributed by atoms with van der Waals surface area (Å²) in [6.07, 6.45) is 0. The lowest BCUT2D eigenvalue weighted by Crippen LogP contribution is -2.24. The second kappa shape index (κ2) is 4.19. The summed E-state index contributed by atoms with van der Waals surface area (Å²) in [6.45, 7) is 5.18. The Morgan fingerprint density at radius 1 is 1.40 bits per heavy atom. The van der Waals surface area contributed by atoms with Gasteiger partial charge in [-0.15, -0.1) is 0 Å². The van der Waals surface area contributed by atoms with Gasteiger partial charge in [-0.1, -0.05) is 13.8 Å². The van der Waals surface area contributed by atoms with E-state index in [1.807, 2.05) is 0 Å². The van der Waals surface area contributed by atoms with Crippen molar-refractivity contribution in [2.45, 2.75) is 26.2 Å². The zero-order chi connectivity index (χ0) is 11.6. The van der Waals surface area contributed by atoms with Crippen LogP contribution in [0.2, 0.25) is 0 Å². The Bertz CT molecular complexity index is 359.